The third-order valence-electron chi connectivity index (χ3n) is 1.74. The number of rotatable bonds is 5. The predicted octanol–water partition coefficient (Wildman–Crippen LogP) is 3.39. The number of nitrogens with zero attached hydrogens (tertiary/aromatic N) is 1. The summed E-state index contributed by atoms with van der Waals surface area (Å²) in [5.41, 5.74) is 0.991. The molecule has 0 unspecified atom stereocenters. The molecule has 0 saturated heterocycles. The van der Waals surface area contributed by atoms with Crippen molar-refractivity contribution in [2.24, 2.45) is 0 Å². The Balaban J connectivity index is 2.92. The van der Waals surface area contributed by atoms with Gasteiger partial charge in [-0.25, -0.2) is 5.54 Å². The molecule has 1 N–H and O–H groups in total. The summed E-state index contributed by atoms with van der Waals surface area (Å²) in [5, 5.41) is 10.5. The molecule has 1 rings (SSSR count). The highest BCUT2D eigenvalue weighted by Crippen LogP contribution is 2.30. The van der Waals surface area contributed by atoms with Gasteiger partial charge in [-0.05, 0) is 24.3 Å². The Morgan fingerprint density at radius 1 is 1.60 bits per heavy atom. The monoisotopic (exact) mass is 230 g/mol. The number of thioether (sulfide) groups is 1. The molecule has 0 aliphatic carbocycles. The zero-order valence-electron chi connectivity index (χ0n) is 8.20. The van der Waals surface area contributed by atoms with Gasteiger partial charge in [0.25, 0.3) is 5.69 Å². The molecule has 1 aromatic rings. The second-order valence-corrected chi connectivity index (χ2v) is 4.05. The molecule has 0 radical (unpaired) electrons. The van der Waals surface area contributed by atoms with Gasteiger partial charge in [-0.15, -0.1) is 16.2 Å². The fourth-order valence-electron chi connectivity index (χ4n) is 1.06. The lowest BCUT2D eigenvalue weighted by molar-refractivity contribution is -0.384. The first-order valence-corrected chi connectivity index (χ1v) is 5.45. The largest absolute Gasteiger partial charge is 0.294 e. The summed E-state index contributed by atoms with van der Waals surface area (Å²) in [4.78, 5) is 10.7. The Bertz CT molecular complexity index is 360. The lowest BCUT2D eigenvalue weighted by Crippen LogP contribution is -1.93. The Morgan fingerprint density at radius 2 is 2.33 bits per heavy atom. The topological polar surface area (TPSA) is 55.2 Å². The Labute approximate surface area is 91.0 Å². The minimum absolute atomic E-state index is 0.0962. The van der Waals surface area contributed by atoms with Crippen LogP contribution in [0.1, 0.15) is 13.3 Å². The maximum Gasteiger partial charge on any atom is 0.294 e. The summed E-state index contributed by atoms with van der Waals surface area (Å²) < 4.78 is 12.3. The minimum atomic E-state index is -0.615. The van der Waals surface area contributed by atoms with Gasteiger partial charge in [0.05, 0.1) is 4.92 Å². The van der Waals surface area contributed by atoms with Crippen LogP contribution in [0.3, 0.4) is 0 Å². The summed E-state index contributed by atoms with van der Waals surface area (Å²) in [6, 6.07) is 4.37. The Kier molecular flexibility index (Phi) is 4.36. The highest BCUT2D eigenvalue weighted by atomic mass is 32.2. The molecular weight excluding hydrogens is 219 g/mol. The maximum atomic E-state index is 12.3. The standard InChI is InChI=1S/C9H11FN2O2S/c1-2-5-15-7-3-4-9(12(13)14)8(6-7)11-10/h3-4,6,11H,2,5H2,1H3. The van der Waals surface area contributed by atoms with E-state index in [9.17, 15) is 14.6 Å². The molecule has 0 spiro atoms. The molecule has 0 aliphatic heterocycles. The molecule has 1 aromatic carbocycles. The molecule has 0 atom stereocenters. The van der Waals surface area contributed by atoms with Gasteiger partial charge in [-0.2, -0.15) is 0 Å². The van der Waals surface area contributed by atoms with E-state index >= 15 is 0 Å². The van der Waals surface area contributed by atoms with Crippen LogP contribution in [0.4, 0.5) is 15.9 Å². The zero-order valence-corrected chi connectivity index (χ0v) is 9.01. The summed E-state index contributed by atoms with van der Waals surface area (Å²) in [7, 11) is 0. The Morgan fingerprint density at radius 3 is 2.87 bits per heavy atom. The van der Waals surface area contributed by atoms with Gasteiger partial charge in [0.15, 0.2) is 0 Å². The average Bonchev–Trinajstić information content (AvgIpc) is 2.25. The van der Waals surface area contributed by atoms with Crippen LogP contribution in [-0.4, -0.2) is 10.7 Å². The highest BCUT2D eigenvalue weighted by Gasteiger charge is 2.13. The second-order valence-electron chi connectivity index (χ2n) is 2.88. The van der Waals surface area contributed by atoms with E-state index in [1.165, 1.54) is 17.7 Å². The van der Waals surface area contributed by atoms with E-state index in [-0.39, 0.29) is 11.4 Å². The molecule has 15 heavy (non-hydrogen) atoms. The SMILES string of the molecule is CCCSc1ccc([N+](=O)[O-])c(NF)c1. The van der Waals surface area contributed by atoms with Crippen molar-refractivity contribution in [3.8, 4) is 0 Å². The number of benzene rings is 1. The van der Waals surface area contributed by atoms with Gasteiger partial charge < -0.3 is 0 Å². The molecule has 6 heteroatoms. The van der Waals surface area contributed by atoms with Crippen molar-refractivity contribution in [3.63, 3.8) is 0 Å². The molecule has 0 saturated carbocycles. The second kappa shape index (κ2) is 5.55. The highest BCUT2D eigenvalue weighted by molar-refractivity contribution is 7.99. The van der Waals surface area contributed by atoms with Crippen molar-refractivity contribution in [2.75, 3.05) is 11.3 Å². The van der Waals surface area contributed by atoms with Crippen molar-refractivity contribution >= 4 is 23.1 Å². The summed E-state index contributed by atoms with van der Waals surface area (Å²) in [6.45, 7) is 2.03. The van der Waals surface area contributed by atoms with E-state index in [2.05, 4.69) is 0 Å². The molecule has 0 bridgehead atoms. The summed E-state index contributed by atoms with van der Waals surface area (Å²) >= 11 is 1.54. The van der Waals surface area contributed by atoms with E-state index in [1.54, 1.807) is 17.8 Å². The smallest absolute Gasteiger partial charge is 0.258 e. The van der Waals surface area contributed by atoms with E-state index < -0.39 is 4.92 Å². The van der Waals surface area contributed by atoms with Crippen molar-refractivity contribution < 1.29 is 9.40 Å². The van der Waals surface area contributed by atoms with Crippen LogP contribution in [0.2, 0.25) is 0 Å². The summed E-state index contributed by atoms with van der Waals surface area (Å²) in [5.74, 6) is 0.906. The number of hydrogen-bond donors (Lipinski definition) is 1. The van der Waals surface area contributed by atoms with Gasteiger partial charge in [0.1, 0.15) is 5.69 Å². The van der Waals surface area contributed by atoms with E-state index in [0.717, 1.165) is 17.1 Å². The molecule has 0 aromatic heterocycles. The molecule has 0 heterocycles. The van der Waals surface area contributed by atoms with Gasteiger partial charge in [0, 0.05) is 11.0 Å². The van der Waals surface area contributed by atoms with Gasteiger partial charge in [-0.1, -0.05) is 6.92 Å². The number of halogens is 1. The average molecular weight is 230 g/mol. The van der Waals surface area contributed by atoms with Crippen molar-refractivity contribution in [1.82, 2.24) is 0 Å². The number of anilines is 1. The Hall–Kier alpha value is -1.30. The van der Waals surface area contributed by atoms with Crippen molar-refractivity contribution in [2.45, 2.75) is 18.2 Å². The van der Waals surface area contributed by atoms with Crippen LogP contribution < -0.4 is 5.54 Å². The third kappa shape index (κ3) is 3.09. The fraction of sp³-hybridized carbons (Fsp3) is 0.333. The van der Waals surface area contributed by atoms with Gasteiger partial charge in [0.2, 0.25) is 0 Å². The molecule has 4 nitrogen and oxygen atoms in total. The van der Waals surface area contributed by atoms with Gasteiger partial charge in [-0.3, -0.25) is 10.1 Å². The molecule has 0 fully saturated rings. The van der Waals surface area contributed by atoms with E-state index in [1.807, 2.05) is 6.92 Å². The van der Waals surface area contributed by atoms with Crippen molar-refractivity contribution in [3.05, 3.63) is 28.3 Å². The first-order chi connectivity index (χ1) is 7.19. The van der Waals surface area contributed by atoms with Crippen LogP contribution >= 0.6 is 11.8 Å². The quantitative estimate of drug-likeness (QED) is 0.364. The molecule has 0 amide bonds. The van der Waals surface area contributed by atoms with E-state index in [0.29, 0.717) is 0 Å². The van der Waals surface area contributed by atoms with Crippen LogP contribution in [0.15, 0.2) is 23.1 Å². The fourth-order valence-corrected chi connectivity index (χ4v) is 1.87. The lowest BCUT2D eigenvalue weighted by Gasteiger charge is -2.03. The van der Waals surface area contributed by atoms with Crippen LogP contribution in [-0.2, 0) is 0 Å². The minimum Gasteiger partial charge on any atom is -0.258 e. The number of nitro benzene ring substituents is 1. The van der Waals surface area contributed by atoms with Gasteiger partial charge >= 0.3 is 0 Å². The zero-order chi connectivity index (χ0) is 11.3. The lowest BCUT2D eigenvalue weighted by atomic mass is 10.3. The van der Waals surface area contributed by atoms with Crippen LogP contribution in [0, 0.1) is 10.1 Å². The van der Waals surface area contributed by atoms with Crippen LogP contribution in [0.25, 0.3) is 0 Å². The van der Waals surface area contributed by atoms with Crippen molar-refractivity contribution in [1.29, 1.82) is 0 Å². The number of nitro groups is 1. The summed E-state index contributed by atoms with van der Waals surface area (Å²) in [6.07, 6.45) is 1.00. The maximum absolute atomic E-state index is 12.3. The molecular formula is C9H11FN2O2S. The first kappa shape index (κ1) is 11.8. The number of hydrogen-bond acceptors (Lipinski definition) is 4. The van der Waals surface area contributed by atoms with Crippen LogP contribution in [0.5, 0.6) is 0 Å². The van der Waals surface area contributed by atoms with E-state index in [4.69, 9.17) is 0 Å². The number of nitrogens with one attached hydrogen (secondary N) is 1. The normalized spacial score (nSPS) is 10.0. The molecule has 0 aliphatic rings. The first-order valence-electron chi connectivity index (χ1n) is 4.47. The molecule has 82 valence electrons. The third-order valence-corrected chi connectivity index (χ3v) is 2.94. The predicted molar refractivity (Wildman–Crippen MR) is 58.8 cm³/mol.